The Hall–Kier alpha value is -3.33. The van der Waals surface area contributed by atoms with Crippen molar-refractivity contribution in [2.45, 2.75) is 6.54 Å². The number of pyridine rings is 1. The van der Waals surface area contributed by atoms with E-state index in [0.717, 1.165) is 29.0 Å². The predicted molar refractivity (Wildman–Crippen MR) is 99.2 cm³/mol. The number of furan rings is 1. The van der Waals surface area contributed by atoms with Crippen LogP contribution in [0.15, 0.2) is 89.7 Å². The normalized spacial score (nSPS) is 11.4. The van der Waals surface area contributed by atoms with E-state index in [9.17, 15) is 0 Å². The first-order valence-electron chi connectivity index (χ1n) is 8.41. The third-order valence-corrected chi connectivity index (χ3v) is 4.64. The summed E-state index contributed by atoms with van der Waals surface area (Å²) in [5.41, 5.74) is 4.58. The van der Waals surface area contributed by atoms with Crippen LogP contribution in [0.5, 0.6) is 0 Å². The van der Waals surface area contributed by atoms with Crippen molar-refractivity contribution < 1.29 is 8.98 Å². The summed E-state index contributed by atoms with van der Waals surface area (Å²) < 4.78 is 8.00. The number of aromatic nitrogens is 2. The molecule has 5 rings (SSSR count). The van der Waals surface area contributed by atoms with Crippen molar-refractivity contribution in [3.8, 4) is 11.5 Å². The summed E-state index contributed by atoms with van der Waals surface area (Å²) >= 11 is 0. The lowest BCUT2D eigenvalue weighted by Gasteiger charge is -2.04. The van der Waals surface area contributed by atoms with Crippen molar-refractivity contribution >= 4 is 21.8 Å². The van der Waals surface area contributed by atoms with Crippen LogP contribution in [-0.2, 0) is 6.54 Å². The van der Waals surface area contributed by atoms with Crippen molar-refractivity contribution in [3.63, 3.8) is 0 Å². The number of hydrogen-bond acceptors (Lipinski definition) is 1. The van der Waals surface area contributed by atoms with E-state index < -0.39 is 0 Å². The maximum Gasteiger partial charge on any atom is 0.272 e. The molecular formula is C22H17N2O+. The fraction of sp³-hybridized carbons (Fsp3) is 0.0455. The highest BCUT2D eigenvalue weighted by Gasteiger charge is 2.22. The number of hydrogen-bond donors (Lipinski definition) is 1. The van der Waals surface area contributed by atoms with E-state index in [-0.39, 0.29) is 0 Å². The lowest BCUT2D eigenvalue weighted by atomic mass is 10.1. The molecule has 0 fully saturated rings. The minimum absolute atomic E-state index is 0.794. The molecule has 0 aliphatic heterocycles. The Bertz CT molecular complexity index is 1160. The highest BCUT2D eigenvalue weighted by atomic mass is 16.3. The number of fused-ring (bicyclic) bond motifs is 3. The van der Waals surface area contributed by atoms with Crippen LogP contribution in [0, 0.1) is 0 Å². The van der Waals surface area contributed by atoms with E-state index in [1.54, 1.807) is 6.26 Å². The van der Waals surface area contributed by atoms with Gasteiger partial charge in [0.2, 0.25) is 0 Å². The molecule has 1 N–H and O–H groups in total. The number of H-pyrrole nitrogens is 1. The van der Waals surface area contributed by atoms with Crippen molar-refractivity contribution in [2.75, 3.05) is 0 Å². The maximum absolute atomic E-state index is 5.76. The molecule has 120 valence electrons. The van der Waals surface area contributed by atoms with Crippen LogP contribution in [-0.4, -0.2) is 4.98 Å². The van der Waals surface area contributed by atoms with Gasteiger partial charge in [-0.15, -0.1) is 0 Å². The number of aromatic amines is 1. The van der Waals surface area contributed by atoms with Crippen molar-refractivity contribution in [1.29, 1.82) is 0 Å². The van der Waals surface area contributed by atoms with Gasteiger partial charge in [-0.2, -0.15) is 4.57 Å². The van der Waals surface area contributed by atoms with E-state index in [4.69, 9.17) is 4.42 Å². The van der Waals surface area contributed by atoms with Crippen LogP contribution in [0.3, 0.4) is 0 Å². The van der Waals surface area contributed by atoms with Gasteiger partial charge in [0.05, 0.1) is 6.26 Å². The summed E-state index contributed by atoms with van der Waals surface area (Å²) in [5, 5.41) is 2.45. The quantitative estimate of drug-likeness (QED) is 0.469. The van der Waals surface area contributed by atoms with Crippen LogP contribution in [0.25, 0.3) is 33.3 Å². The van der Waals surface area contributed by atoms with Gasteiger partial charge in [-0.1, -0.05) is 48.5 Å². The van der Waals surface area contributed by atoms with Gasteiger partial charge in [-0.05, 0) is 18.2 Å². The SMILES string of the molecule is c1ccc(C[n+]2ccc3c([nH]c4ccccc43)c2-c2ccco2)cc1. The average molecular weight is 325 g/mol. The summed E-state index contributed by atoms with van der Waals surface area (Å²) in [4.78, 5) is 3.58. The predicted octanol–water partition coefficient (Wildman–Crippen LogP) is 4.92. The molecule has 25 heavy (non-hydrogen) atoms. The second-order valence-corrected chi connectivity index (χ2v) is 6.21. The first-order chi connectivity index (χ1) is 12.4. The van der Waals surface area contributed by atoms with Crippen LogP contribution >= 0.6 is 0 Å². The molecule has 0 radical (unpaired) electrons. The Balaban J connectivity index is 1.80. The minimum Gasteiger partial charge on any atom is -0.458 e. The summed E-state index contributed by atoms with van der Waals surface area (Å²) in [7, 11) is 0. The molecule has 0 saturated heterocycles. The molecule has 0 amide bonds. The lowest BCUT2D eigenvalue weighted by molar-refractivity contribution is -0.676. The second kappa shape index (κ2) is 5.64. The van der Waals surface area contributed by atoms with E-state index in [1.165, 1.54) is 16.3 Å². The number of nitrogens with one attached hydrogen (secondary N) is 1. The van der Waals surface area contributed by atoms with Gasteiger partial charge in [0.15, 0.2) is 18.5 Å². The summed E-state index contributed by atoms with van der Waals surface area (Å²) in [6.07, 6.45) is 3.87. The monoisotopic (exact) mass is 325 g/mol. The molecule has 0 unspecified atom stereocenters. The molecular weight excluding hydrogens is 308 g/mol. The molecule has 0 aliphatic carbocycles. The van der Waals surface area contributed by atoms with Crippen LogP contribution in [0.4, 0.5) is 0 Å². The zero-order chi connectivity index (χ0) is 16.6. The second-order valence-electron chi connectivity index (χ2n) is 6.21. The fourth-order valence-electron chi connectivity index (χ4n) is 3.50. The Morgan fingerprint density at radius 1 is 0.800 bits per heavy atom. The largest absolute Gasteiger partial charge is 0.458 e. The van der Waals surface area contributed by atoms with Gasteiger partial charge in [0.25, 0.3) is 5.69 Å². The third kappa shape index (κ3) is 2.32. The van der Waals surface area contributed by atoms with Gasteiger partial charge in [-0.25, -0.2) is 0 Å². The molecule has 2 aromatic carbocycles. The molecule has 3 heteroatoms. The molecule has 3 nitrogen and oxygen atoms in total. The topological polar surface area (TPSA) is 32.8 Å². The van der Waals surface area contributed by atoms with Gasteiger partial charge < -0.3 is 9.40 Å². The number of nitrogens with zero attached hydrogens (tertiary/aromatic N) is 1. The third-order valence-electron chi connectivity index (χ3n) is 4.64. The van der Waals surface area contributed by atoms with Gasteiger partial charge in [0.1, 0.15) is 5.52 Å². The first kappa shape index (κ1) is 14.1. The van der Waals surface area contributed by atoms with Crippen LogP contribution in [0.1, 0.15) is 5.56 Å². The number of rotatable bonds is 3. The Kier molecular flexibility index (Phi) is 3.17. The van der Waals surface area contributed by atoms with Crippen molar-refractivity contribution in [2.24, 2.45) is 0 Å². The molecule has 5 aromatic rings. The molecule has 0 aliphatic rings. The van der Waals surface area contributed by atoms with E-state index in [2.05, 4.69) is 70.3 Å². The van der Waals surface area contributed by atoms with Gasteiger partial charge >= 0.3 is 0 Å². The van der Waals surface area contributed by atoms with Crippen LogP contribution in [0.2, 0.25) is 0 Å². The summed E-state index contributed by atoms with van der Waals surface area (Å²) in [6, 6.07) is 25.0. The summed E-state index contributed by atoms with van der Waals surface area (Å²) in [5.74, 6) is 0.869. The number of benzene rings is 2. The van der Waals surface area contributed by atoms with Gasteiger partial charge in [-0.3, -0.25) is 0 Å². The maximum atomic E-state index is 5.76. The van der Waals surface area contributed by atoms with E-state index in [1.807, 2.05) is 18.2 Å². The Morgan fingerprint density at radius 3 is 2.48 bits per heavy atom. The Labute approximate surface area is 145 Å². The molecule has 3 aromatic heterocycles. The Morgan fingerprint density at radius 2 is 1.64 bits per heavy atom. The van der Waals surface area contributed by atoms with E-state index >= 15 is 0 Å². The van der Waals surface area contributed by atoms with Crippen molar-refractivity contribution in [3.05, 3.63) is 90.8 Å². The smallest absolute Gasteiger partial charge is 0.272 e. The highest BCUT2D eigenvalue weighted by molar-refractivity contribution is 6.09. The standard InChI is InChI=1S/C22H16N2O/c1-2-7-16(8-3-1)15-24-13-12-18-17-9-4-5-10-19(17)23-21(18)22(24)20-11-6-14-25-20/h1-14H,15H2/p+1. The molecule has 0 atom stereocenters. The highest BCUT2D eigenvalue weighted by Crippen LogP contribution is 2.31. The average Bonchev–Trinajstić information content (AvgIpc) is 3.30. The first-order valence-corrected chi connectivity index (χ1v) is 8.41. The number of para-hydroxylation sites is 1. The molecule has 3 heterocycles. The summed E-state index contributed by atoms with van der Waals surface area (Å²) in [6.45, 7) is 0.794. The zero-order valence-electron chi connectivity index (χ0n) is 13.6. The van der Waals surface area contributed by atoms with E-state index in [0.29, 0.717) is 0 Å². The molecule has 0 saturated carbocycles. The van der Waals surface area contributed by atoms with Gasteiger partial charge in [0, 0.05) is 27.9 Å². The van der Waals surface area contributed by atoms with Crippen molar-refractivity contribution in [1.82, 2.24) is 4.98 Å². The lowest BCUT2D eigenvalue weighted by Crippen LogP contribution is -2.36. The molecule has 0 bridgehead atoms. The fourth-order valence-corrected chi connectivity index (χ4v) is 3.50. The zero-order valence-corrected chi connectivity index (χ0v) is 13.6. The minimum atomic E-state index is 0.794. The molecule has 0 spiro atoms. The van der Waals surface area contributed by atoms with Crippen LogP contribution < -0.4 is 4.57 Å².